The Morgan fingerprint density at radius 2 is 1.78 bits per heavy atom. The van der Waals surface area contributed by atoms with Gasteiger partial charge < -0.3 is 4.90 Å². The predicted molar refractivity (Wildman–Crippen MR) is 121 cm³/mol. The number of imidazole rings is 1. The van der Waals surface area contributed by atoms with Gasteiger partial charge >= 0.3 is 0 Å². The third kappa shape index (κ3) is 3.84. The third-order valence-electron chi connectivity index (χ3n) is 7.13. The second-order valence-electron chi connectivity index (χ2n) is 9.20. The van der Waals surface area contributed by atoms with Crippen LogP contribution < -0.4 is 0 Å². The maximum absolute atomic E-state index is 13.0. The molecule has 3 aliphatic heterocycles. The minimum atomic E-state index is -0.531. The Morgan fingerprint density at radius 3 is 2.50 bits per heavy atom. The predicted octanol–water partition coefficient (Wildman–Crippen LogP) is 3.34. The van der Waals surface area contributed by atoms with Gasteiger partial charge in [0.25, 0.3) is 5.91 Å². The van der Waals surface area contributed by atoms with Gasteiger partial charge in [0.05, 0.1) is 17.1 Å². The number of fused-ring (bicyclic) bond motifs is 3. The summed E-state index contributed by atoms with van der Waals surface area (Å²) in [6.45, 7) is 3.99. The van der Waals surface area contributed by atoms with E-state index in [0.29, 0.717) is 18.3 Å². The van der Waals surface area contributed by atoms with E-state index in [9.17, 15) is 14.9 Å². The van der Waals surface area contributed by atoms with Crippen molar-refractivity contribution < 1.29 is 9.59 Å². The fourth-order valence-electron chi connectivity index (χ4n) is 5.37. The highest BCUT2D eigenvalue weighted by molar-refractivity contribution is 5.99. The molecule has 5 rings (SSSR count). The molecule has 3 aliphatic rings. The number of para-hydroxylation sites is 2. The largest absolute Gasteiger partial charge is 0.342 e. The summed E-state index contributed by atoms with van der Waals surface area (Å²) >= 11 is 0. The molecule has 4 heterocycles. The molecule has 1 unspecified atom stereocenters. The van der Waals surface area contributed by atoms with Crippen LogP contribution in [0.1, 0.15) is 55.1 Å². The summed E-state index contributed by atoms with van der Waals surface area (Å²) in [4.78, 5) is 34.8. The van der Waals surface area contributed by atoms with E-state index in [0.717, 1.165) is 68.5 Å². The van der Waals surface area contributed by atoms with E-state index in [1.807, 2.05) is 24.3 Å². The Labute approximate surface area is 188 Å². The number of carbonyl (C=O) groups excluding carboxylic acids is 2. The molecule has 0 N–H and O–H groups in total. The molecular weight excluding hydrogens is 402 g/mol. The SMILES string of the molecule is N#CC1C(CN2CCC(C(=O)N3CCCCCC3)CC2)=CC(=O)n2c1nc1ccccc12. The number of allylic oxidation sites excluding steroid dienone is 1. The van der Waals surface area contributed by atoms with Crippen LogP contribution in [0.2, 0.25) is 0 Å². The summed E-state index contributed by atoms with van der Waals surface area (Å²) in [5.41, 5.74) is 2.28. The van der Waals surface area contributed by atoms with Crippen LogP contribution in [0.5, 0.6) is 0 Å². The Kier molecular flexibility index (Phi) is 5.79. The molecule has 2 fully saturated rings. The van der Waals surface area contributed by atoms with Crippen LogP contribution in [0.25, 0.3) is 11.0 Å². The number of nitriles is 1. The molecule has 0 bridgehead atoms. The Hall–Kier alpha value is -2.98. The Balaban J connectivity index is 1.26. The van der Waals surface area contributed by atoms with Gasteiger partial charge in [0, 0.05) is 31.6 Å². The molecule has 32 heavy (non-hydrogen) atoms. The third-order valence-corrected chi connectivity index (χ3v) is 7.13. The number of hydrogen-bond acceptors (Lipinski definition) is 5. The molecule has 1 amide bonds. The van der Waals surface area contributed by atoms with Crippen molar-refractivity contribution in [2.75, 3.05) is 32.7 Å². The molecule has 1 atom stereocenters. The molecule has 166 valence electrons. The molecule has 1 aromatic heterocycles. The van der Waals surface area contributed by atoms with Crippen LogP contribution in [0.3, 0.4) is 0 Å². The van der Waals surface area contributed by atoms with Gasteiger partial charge in [-0.25, -0.2) is 4.98 Å². The summed E-state index contributed by atoms with van der Waals surface area (Å²) in [7, 11) is 0. The number of carbonyl (C=O) groups is 2. The van der Waals surface area contributed by atoms with Crippen LogP contribution in [0.4, 0.5) is 0 Å². The van der Waals surface area contributed by atoms with Crippen molar-refractivity contribution in [3.63, 3.8) is 0 Å². The van der Waals surface area contributed by atoms with Gasteiger partial charge in [0.2, 0.25) is 5.91 Å². The zero-order valence-corrected chi connectivity index (χ0v) is 18.4. The van der Waals surface area contributed by atoms with Gasteiger partial charge in [0.15, 0.2) is 0 Å². The lowest BCUT2D eigenvalue weighted by atomic mass is 9.92. The molecule has 1 aromatic carbocycles. The van der Waals surface area contributed by atoms with E-state index in [4.69, 9.17) is 0 Å². The van der Waals surface area contributed by atoms with E-state index in [2.05, 4.69) is 20.9 Å². The van der Waals surface area contributed by atoms with Crippen molar-refractivity contribution in [3.8, 4) is 6.07 Å². The van der Waals surface area contributed by atoms with E-state index in [1.54, 1.807) is 10.6 Å². The average molecular weight is 432 g/mol. The number of aromatic nitrogens is 2. The van der Waals surface area contributed by atoms with Crippen molar-refractivity contribution in [2.45, 2.75) is 44.4 Å². The van der Waals surface area contributed by atoms with Crippen LogP contribution in [-0.4, -0.2) is 63.9 Å². The summed E-state index contributed by atoms with van der Waals surface area (Å²) in [5, 5.41) is 9.91. The summed E-state index contributed by atoms with van der Waals surface area (Å²) in [6, 6.07) is 9.86. The van der Waals surface area contributed by atoms with E-state index in [1.165, 1.54) is 12.8 Å². The van der Waals surface area contributed by atoms with Gasteiger partial charge in [-0.1, -0.05) is 25.0 Å². The maximum Gasteiger partial charge on any atom is 0.256 e. The van der Waals surface area contributed by atoms with Gasteiger partial charge in [0.1, 0.15) is 11.7 Å². The maximum atomic E-state index is 13.0. The lowest BCUT2D eigenvalue weighted by Crippen LogP contribution is -2.43. The smallest absolute Gasteiger partial charge is 0.256 e. The van der Waals surface area contributed by atoms with E-state index < -0.39 is 5.92 Å². The lowest BCUT2D eigenvalue weighted by molar-refractivity contribution is -0.137. The van der Waals surface area contributed by atoms with Crippen LogP contribution in [-0.2, 0) is 4.79 Å². The quantitative estimate of drug-likeness (QED) is 0.744. The summed E-state index contributed by atoms with van der Waals surface area (Å²) in [5.74, 6) is 0.268. The molecule has 2 saturated heterocycles. The number of nitrogens with zero attached hydrogens (tertiary/aromatic N) is 5. The van der Waals surface area contributed by atoms with Gasteiger partial charge in [-0.15, -0.1) is 0 Å². The summed E-state index contributed by atoms with van der Waals surface area (Å²) in [6.07, 6.45) is 7.98. The molecule has 0 aliphatic carbocycles. The molecule has 0 radical (unpaired) electrons. The van der Waals surface area contributed by atoms with E-state index >= 15 is 0 Å². The first-order valence-electron chi connectivity index (χ1n) is 11.8. The average Bonchev–Trinajstić information content (AvgIpc) is 2.99. The van der Waals surface area contributed by atoms with Crippen LogP contribution >= 0.6 is 0 Å². The second-order valence-corrected chi connectivity index (χ2v) is 9.20. The Morgan fingerprint density at radius 1 is 1.06 bits per heavy atom. The van der Waals surface area contributed by atoms with Crippen molar-refractivity contribution in [2.24, 2.45) is 5.92 Å². The molecule has 0 spiro atoms. The van der Waals surface area contributed by atoms with Gasteiger partial charge in [-0.2, -0.15) is 5.26 Å². The topological polar surface area (TPSA) is 82.2 Å². The molecular formula is C25H29N5O2. The monoisotopic (exact) mass is 431 g/mol. The van der Waals surface area contributed by atoms with Gasteiger partial charge in [-0.05, 0) is 56.5 Å². The fraction of sp³-hybridized carbons (Fsp3) is 0.520. The standard InChI is InChI=1S/C25H29N5O2/c26-16-20-19(15-23(31)30-22-8-4-3-7-21(22)27-24(20)30)17-28-13-9-18(10-14-28)25(32)29-11-5-1-2-6-12-29/h3-4,7-8,15,18,20H,1-2,5-6,9-14,17H2. The highest BCUT2D eigenvalue weighted by atomic mass is 16.2. The minimum Gasteiger partial charge on any atom is -0.342 e. The molecule has 7 nitrogen and oxygen atoms in total. The zero-order chi connectivity index (χ0) is 22.1. The fourth-order valence-corrected chi connectivity index (χ4v) is 5.37. The molecule has 2 aromatic rings. The number of amides is 1. The number of hydrogen-bond donors (Lipinski definition) is 0. The number of likely N-dealkylation sites (tertiary alicyclic amines) is 2. The highest BCUT2D eigenvalue weighted by Crippen LogP contribution is 2.32. The lowest BCUT2D eigenvalue weighted by Gasteiger charge is -2.35. The van der Waals surface area contributed by atoms with Crippen LogP contribution in [0, 0.1) is 17.2 Å². The van der Waals surface area contributed by atoms with Crippen molar-refractivity contribution in [1.82, 2.24) is 19.4 Å². The van der Waals surface area contributed by atoms with E-state index in [-0.39, 0.29) is 11.8 Å². The first-order chi connectivity index (χ1) is 15.7. The van der Waals surface area contributed by atoms with Crippen molar-refractivity contribution in [1.29, 1.82) is 5.26 Å². The summed E-state index contributed by atoms with van der Waals surface area (Å²) < 4.78 is 1.57. The highest BCUT2D eigenvalue weighted by Gasteiger charge is 2.34. The zero-order valence-electron chi connectivity index (χ0n) is 18.4. The number of rotatable bonds is 3. The number of piperidine rings is 1. The second kappa shape index (κ2) is 8.87. The molecule has 7 heteroatoms. The Bertz CT molecular complexity index is 1100. The first-order valence-corrected chi connectivity index (χ1v) is 11.8. The normalized spacial score (nSPS) is 22.8. The number of benzene rings is 1. The van der Waals surface area contributed by atoms with Crippen molar-refractivity contribution >= 4 is 22.8 Å². The van der Waals surface area contributed by atoms with Crippen molar-refractivity contribution in [3.05, 3.63) is 41.7 Å². The van der Waals surface area contributed by atoms with Crippen LogP contribution in [0.15, 0.2) is 35.9 Å². The van der Waals surface area contributed by atoms with Gasteiger partial charge in [-0.3, -0.25) is 19.1 Å². The molecule has 0 saturated carbocycles. The minimum absolute atomic E-state index is 0.0993. The first kappa shape index (κ1) is 20.9.